The minimum atomic E-state index is -1.22. The van der Waals surface area contributed by atoms with E-state index >= 15 is 0 Å². The Morgan fingerprint density at radius 2 is 2.00 bits per heavy atom. The van der Waals surface area contributed by atoms with E-state index < -0.39 is 29.1 Å². The van der Waals surface area contributed by atoms with Crippen LogP contribution in [0.4, 0.5) is 0 Å². The van der Waals surface area contributed by atoms with E-state index in [4.69, 9.17) is 4.74 Å². The molecule has 3 N–H and O–H groups in total. The molecule has 0 radical (unpaired) electrons. The fraction of sp³-hybridized carbons (Fsp3) is 0.870. The Morgan fingerprint density at radius 1 is 1.24 bits per heavy atom. The highest BCUT2D eigenvalue weighted by atomic mass is 16.5. The Balaban J connectivity index is 1.51. The van der Waals surface area contributed by atoms with Crippen LogP contribution in [-0.2, 0) is 9.53 Å². The van der Waals surface area contributed by atoms with Gasteiger partial charge in [0.05, 0.1) is 12.2 Å². The van der Waals surface area contributed by atoms with Crippen LogP contribution >= 0.6 is 0 Å². The van der Waals surface area contributed by atoms with Crippen LogP contribution in [0.15, 0.2) is 12.2 Å². The molecule has 13 atom stereocenters. The van der Waals surface area contributed by atoms with E-state index in [-0.39, 0.29) is 34.9 Å². The van der Waals surface area contributed by atoms with Gasteiger partial charge in [0.25, 0.3) is 0 Å². The van der Waals surface area contributed by atoms with Crippen molar-refractivity contribution < 1.29 is 24.9 Å². The average molecular weight is 402 g/mol. The van der Waals surface area contributed by atoms with Gasteiger partial charge in [-0.3, -0.25) is 9.69 Å². The third-order valence-corrected chi connectivity index (χ3v) is 10.8. The molecule has 0 aromatic carbocycles. The standard InChI is InChI=1S/C23H31NO5/c1-10-4-21-5-12-8-24-9-20(3)6-13(29-11(2)25)7-22(16(12)20)17(21)15(26)14(10)18(27)23(21,28)19(22)24/h12-19,26-28H,1,4-9H2,2-3H3/t12-,13+,14-,15-,16+,17+,18-,19-,20+,21-,22+,23-/m1/s1. The topological polar surface area (TPSA) is 90.2 Å². The summed E-state index contributed by atoms with van der Waals surface area (Å²) in [4.78, 5) is 14.3. The molecule has 9 fully saturated rings. The molecule has 6 heteroatoms. The first kappa shape index (κ1) is 17.7. The van der Waals surface area contributed by atoms with E-state index in [1.807, 2.05) is 0 Å². The molecule has 0 amide bonds. The molecule has 3 aliphatic heterocycles. The van der Waals surface area contributed by atoms with Crippen molar-refractivity contribution in [2.75, 3.05) is 13.1 Å². The number of carbonyl (C=O) groups excluding carboxylic acids is 1. The summed E-state index contributed by atoms with van der Waals surface area (Å²) in [5, 5.41) is 35.5. The van der Waals surface area contributed by atoms with E-state index in [1.165, 1.54) is 6.92 Å². The molecule has 29 heavy (non-hydrogen) atoms. The Labute approximate surface area is 170 Å². The number of nitrogens with zero attached hydrogens (tertiary/aromatic N) is 1. The minimum Gasteiger partial charge on any atom is -0.463 e. The summed E-state index contributed by atoms with van der Waals surface area (Å²) >= 11 is 0. The van der Waals surface area contributed by atoms with Crippen molar-refractivity contribution >= 4 is 5.97 Å². The maximum Gasteiger partial charge on any atom is 0.302 e. The van der Waals surface area contributed by atoms with Gasteiger partial charge in [0.1, 0.15) is 11.7 Å². The molecular weight excluding hydrogens is 370 g/mol. The van der Waals surface area contributed by atoms with E-state index in [9.17, 15) is 20.1 Å². The van der Waals surface area contributed by atoms with Gasteiger partial charge in [-0.2, -0.15) is 0 Å². The molecule has 6 nitrogen and oxygen atoms in total. The first-order valence-corrected chi connectivity index (χ1v) is 11.3. The predicted molar refractivity (Wildman–Crippen MR) is 102 cm³/mol. The maximum atomic E-state index is 12.4. The second-order valence-corrected chi connectivity index (χ2v) is 11.9. The molecule has 9 bridgehead atoms. The van der Waals surface area contributed by atoms with Gasteiger partial charge in [-0.15, -0.1) is 0 Å². The summed E-state index contributed by atoms with van der Waals surface area (Å²) in [7, 11) is 0. The molecule has 6 saturated carbocycles. The third kappa shape index (κ3) is 1.48. The van der Waals surface area contributed by atoms with Gasteiger partial charge >= 0.3 is 5.97 Å². The van der Waals surface area contributed by atoms with Crippen LogP contribution < -0.4 is 0 Å². The van der Waals surface area contributed by atoms with Gasteiger partial charge in [0.15, 0.2) is 0 Å². The fourth-order valence-corrected chi connectivity index (χ4v) is 11.4. The van der Waals surface area contributed by atoms with Crippen molar-refractivity contribution in [3.63, 3.8) is 0 Å². The SMILES string of the molecule is C=C1C[C@@]23C[C@@H]4CN5C[C@]6(C)C[C@H](OC(C)=O)C[C@@]7([C@H]2[C@H](O)[C@@H]1[C@@H](O)[C@@]3(O)[C@H]57)[C@@H]46. The van der Waals surface area contributed by atoms with Crippen molar-refractivity contribution in [1.82, 2.24) is 4.90 Å². The van der Waals surface area contributed by atoms with E-state index in [2.05, 4.69) is 18.4 Å². The van der Waals surface area contributed by atoms with E-state index in [0.717, 1.165) is 31.5 Å². The highest BCUT2D eigenvalue weighted by molar-refractivity contribution is 5.66. The second-order valence-electron chi connectivity index (χ2n) is 11.9. The Hall–Kier alpha value is -0.950. The Morgan fingerprint density at radius 3 is 2.72 bits per heavy atom. The largest absolute Gasteiger partial charge is 0.463 e. The summed E-state index contributed by atoms with van der Waals surface area (Å²) in [5.74, 6) is 0.0806. The second kappa shape index (κ2) is 4.62. The van der Waals surface area contributed by atoms with Crippen LogP contribution in [0.3, 0.4) is 0 Å². The number of ether oxygens (including phenoxy) is 1. The van der Waals surface area contributed by atoms with Crippen LogP contribution in [0.1, 0.15) is 39.5 Å². The highest BCUT2D eigenvalue weighted by Crippen LogP contribution is 2.86. The van der Waals surface area contributed by atoms with Gasteiger partial charge in [-0.1, -0.05) is 19.1 Å². The molecule has 9 aliphatic rings. The number of carbonyl (C=O) groups is 1. The molecule has 0 aromatic rings. The lowest BCUT2D eigenvalue weighted by atomic mass is 9.35. The molecule has 9 rings (SSSR count). The molecule has 0 aromatic heterocycles. The number of fused-ring (bicyclic) bond motifs is 1. The molecule has 3 saturated heterocycles. The number of hydrogen-bond acceptors (Lipinski definition) is 6. The van der Waals surface area contributed by atoms with Crippen molar-refractivity contribution in [2.24, 2.45) is 39.9 Å². The lowest BCUT2D eigenvalue weighted by molar-refractivity contribution is -0.284. The normalized spacial score (nSPS) is 67.8. The van der Waals surface area contributed by atoms with Gasteiger partial charge in [0, 0.05) is 48.7 Å². The van der Waals surface area contributed by atoms with Crippen molar-refractivity contribution in [3.8, 4) is 0 Å². The summed E-state index contributed by atoms with van der Waals surface area (Å²) < 4.78 is 5.80. The zero-order chi connectivity index (χ0) is 20.3. The summed E-state index contributed by atoms with van der Waals surface area (Å²) in [6.45, 7) is 9.87. The monoisotopic (exact) mass is 401 g/mol. The number of hydrogen-bond donors (Lipinski definition) is 3. The Kier molecular flexibility index (Phi) is 2.82. The molecule has 1 unspecified atom stereocenters. The molecule has 3 heterocycles. The fourth-order valence-electron chi connectivity index (χ4n) is 11.4. The quantitative estimate of drug-likeness (QED) is 0.443. The minimum absolute atomic E-state index is 0.00809. The summed E-state index contributed by atoms with van der Waals surface area (Å²) in [6.07, 6.45) is 1.28. The Bertz CT molecular complexity index is 875. The summed E-state index contributed by atoms with van der Waals surface area (Å²) in [5.41, 5.74) is -1.12. The molecule has 158 valence electrons. The average Bonchev–Trinajstić information content (AvgIpc) is 2.61. The van der Waals surface area contributed by atoms with Gasteiger partial charge in [-0.25, -0.2) is 0 Å². The van der Waals surface area contributed by atoms with Crippen molar-refractivity contribution in [2.45, 2.75) is 69.5 Å². The van der Waals surface area contributed by atoms with Gasteiger partial charge in [0.2, 0.25) is 0 Å². The van der Waals surface area contributed by atoms with E-state index in [1.54, 1.807) is 0 Å². The smallest absolute Gasteiger partial charge is 0.302 e. The van der Waals surface area contributed by atoms with Crippen molar-refractivity contribution in [1.29, 1.82) is 0 Å². The van der Waals surface area contributed by atoms with Gasteiger partial charge < -0.3 is 20.1 Å². The number of piperidine rings is 3. The summed E-state index contributed by atoms with van der Waals surface area (Å²) in [6, 6.07) is -0.169. The van der Waals surface area contributed by atoms with Crippen LogP contribution in [0.5, 0.6) is 0 Å². The molecule has 2 spiro atoms. The zero-order valence-corrected chi connectivity index (χ0v) is 17.2. The first-order chi connectivity index (χ1) is 13.6. The van der Waals surface area contributed by atoms with Gasteiger partial charge in [-0.05, 0) is 42.9 Å². The number of esters is 1. The molecular formula is C23H31NO5. The number of rotatable bonds is 1. The highest BCUT2D eigenvalue weighted by Gasteiger charge is 2.92. The van der Waals surface area contributed by atoms with Crippen LogP contribution in [0, 0.1) is 39.9 Å². The number of aliphatic hydroxyl groups is 3. The molecule has 6 aliphatic carbocycles. The number of aliphatic hydroxyl groups excluding tert-OH is 2. The van der Waals surface area contributed by atoms with E-state index in [0.29, 0.717) is 24.7 Å². The zero-order valence-electron chi connectivity index (χ0n) is 17.2. The van der Waals surface area contributed by atoms with Crippen LogP contribution in [0.2, 0.25) is 0 Å². The van der Waals surface area contributed by atoms with Crippen molar-refractivity contribution in [3.05, 3.63) is 12.2 Å². The predicted octanol–water partition coefficient (Wildman–Crippen LogP) is 0.697. The third-order valence-electron chi connectivity index (χ3n) is 10.8. The first-order valence-electron chi connectivity index (χ1n) is 11.3. The lowest BCUT2D eigenvalue weighted by Crippen LogP contribution is -2.77. The maximum absolute atomic E-state index is 12.4. The van der Waals surface area contributed by atoms with Crippen LogP contribution in [0.25, 0.3) is 0 Å². The van der Waals surface area contributed by atoms with Crippen LogP contribution in [-0.4, -0.2) is 69.2 Å². The lowest BCUT2D eigenvalue weighted by Gasteiger charge is -2.74.